The maximum Gasteiger partial charge on any atom is 0.270 e. The van der Waals surface area contributed by atoms with Crippen molar-refractivity contribution >= 4 is 57.9 Å². The van der Waals surface area contributed by atoms with Crippen molar-refractivity contribution < 1.29 is 14.4 Å². The van der Waals surface area contributed by atoms with Crippen LogP contribution in [0.25, 0.3) is 0 Å². The number of carbonyl (C=O) groups excluding carboxylic acids is 3. The Kier molecular flexibility index (Phi) is 8.04. The predicted octanol–water partition coefficient (Wildman–Crippen LogP) is 4.37. The molecule has 0 aliphatic heterocycles. The first kappa shape index (κ1) is 25.2. The SMILES string of the molecule is NC(=O)c1nsc(C(=O)N(Cc2cccs2)C(C(=O)NC2CCCCC2)c2ccc(Cl)cc2)c1N. The van der Waals surface area contributed by atoms with E-state index in [-0.39, 0.29) is 34.8 Å². The lowest BCUT2D eigenvalue weighted by atomic mass is 9.94. The van der Waals surface area contributed by atoms with Crippen molar-refractivity contribution in [1.29, 1.82) is 0 Å². The van der Waals surface area contributed by atoms with Gasteiger partial charge in [-0.05, 0) is 53.5 Å². The molecule has 0 spiro atoms. The van der Waals surface area contributed by atoms with Crippen molar-refractivity contribution in [2.45, 2.75) is 50.7 Å². The molecule has 184 valence electrons. The van der Waals surface area contributed by atoms with E-state index in [4.69, 9.17) is 23.1 Å². The number of nitrogens with two attached hydrogens (primary N) is 2. The van der Waals surface area contributed by atoms with Gasteiger partial charge in [0.05, 0.1) is 12.2 Å². The van der Waals surface area contributed by atoms with Crippen molar-refractivity contribution in [2.24, 2.45) is 5.73 Å². The molecule has 1 aromatic carbocycles. The average Bonchev–Trinajstić information content (AvgIpc) is 3.49. The van der Waals surface area contributed by atoms with Crippen LogP contribution in [0.4, 0.5) is 5.69 Å². The smallest absolute Gasteiger partial charge is 0.270 e. The van der Waals surface area contributed by atoms with E-state index in [0.717, 1.165) is 48.5 Å². The molecule has 0 saturated heterocycles. The maximum absolute atomic E-state index is 13.9. The van der Waals surface area contributed by atoms with E-state index in [1.54, 1.807) is 24.3 Å². The minimum atomic E-state index is -0.942. The van der Waals surface area contributed by atoms with Gasteiger partial charge in [0, 0.05) is 15.9 Å². The van der Waals surface area contributed by atoms with Gasteiger partial charge in [-0.3, -0.25) is 14.4 Å². The summed E-state index contributed by atoms with van der Waals surface area (Å²) < 4.78 is 3.98. The first-order valence-corrected chi connectivity index (χ1v) is 13.3. The van der Waals surface area contributed by atoms with Gasteiger partial charge in [0.25, 0.3) is 11.8 Å². The Morgan fingerprint density at radius 3 is 2.46 bits per heavy atom. The van der Waals surface area contributed by atoms with Crippen molar-refractivity contribution in [3.05, 3.63) is 67.8 Å². The van der Waals surface area contributed by atoms with Gasteiger partial charge in [-0.25, -0.2) is 0 Å². The Hall–Kier alpha value is -2.95. The highest BCUT2D eigenvalue weighted by Crippen LogP contribution is 2.32. The minimum Gasteiger partial charge on any atom is -0.395 e. The third-order valence-electron chi connectivity index (χ3n) is 6.02. The molecule has 2 aromatic heterocycles. The summed E-state index contributed by atoms with van der Waals surface area (Å²) in [7, 11) is 0. The van der Waals surface area contributed by atoms with E-state index >= 15 is 0 Å². The van der Waals surface area contributed by atoms with Crippen LogP contribution in [0.2, 0.25) is 5.02 Å². The second-order valence-corrected chi connectivity index (χ2v) is 10.7. The monoisotopic (exact) mass is 531 g/mol. The summed E-state index contributed by atoms with van der Waals surface area (Å²) in [4.78, 5) is 41.7. The molecule has 5 N–H and O–H groups in total. The number of aromatic nitrogens is 1. The highest BCUT2D eigenvalue weighted by molar-refractivity contribution is 7.10. The van der Waals surface area contributed by atoms with E-state index in [1.165, 1.54) is 16.2 Å². The van der Waals surface area contributed by atoms with Crippen molar-refractivity contribution in [3.8, 4) is 0 Å². The topological polar surface area (TPSA) is 131 Å². The van der Waals surface area contributed by atoms with Crippen LogP contribution in [0.5, 0.6) is 0 Å². The molecule has 1 saturated carbocycles. The fourth-order valence-corrected chi connectivity index (χ4v) is 5.85. The molecule has 0 radical (unpaired) electrons. The largest absolute Gasteiger partial charge is 0.395 e. The number of anilines is 1. The first-order valence-electron chi connectivity index (χ1n) is 11.3. The summed E-state index contributed by atoms with van der Waals surface area (Å²) in [6.07, 6.45) is 5.08. The Labute approximate surface area is 216 Å². The summed E-state index contributed by atoms with van der Waals surface area (Å²) in [5.74, 6) is -1.59. The van der Waals surface area contributed by atoms with Gasteiger partial charge in [-0.1, -0.05) is 49.1 Å². The quantitative estimate of drug-likeness (QED) is 0.397. The third-order valence-corrected chi connectivity index (χ3v) is 7.98. The van der Waals surface area contributed by atoms with Crippen LogP contribution in [0.15, 0.2) is 41.8 Å². The van der Waals surface area contributed by atoms with Crippen molar-refractivity contribution in [3.63, 3.8) is 0 Å². The van der Waals surface area contributed by atoms with Gasteiger partial charge >= 0.3 is 0 Å². The second-order valence-electron chi connectivity index (χ2n) is 8.45. The zero-order chi connectivity index (χ0) is 24.9. The molecule has 1 unspecified atom stereocenters. The average molecular weight is 532 g/mol. The van der Waals surface area contributed by atoms with Crippen molar-refractivity contribution in [2.75, 3.05) is 5.73 Å². The van der Waals surface area contributed by atoms with E-state index in [0.29, 0.717) is 10.6 Å². The van der Waals surface area contributed by atoms with Gasteiger partial charge in [0.1, 0.15) is 10.9 Å². The Morgan fingerprint density at radius 1 is 1.14 bits per heavy atom. The standard InChI is InChI=1S/C24H26ClN5O3S2/c25-15-10-8-14(9-11-15)20(23(32)28-16-5-2-1-3-6-16)30(13-17-7-4-12-34-17)24(33)21-18(26)19(22(27)31)29-35-21/h4,7-12,16,20H,1-3,5-6,13,26H2,(H2,27,31)(H,28,32). The number of nitrogens with zero attached hydrogens (tertiary/aromatic N) is 2. The number of nitrogen functional groups attached to an aromatic ring is 1. The lowest BCUT2D eigenvalue weighted by Crippen LogP contribution is -2.46. The molecule has 1 aliphatic rings. The van der Waals surface area contributed by atoms with Crippen LogP contribution in [-0.4, -0.2) is 33.0 Å². The Bertz CT molecular complexity index is 1190. The van der Waals surface area contributed by atoms with Gasteiger partial charge < -0.3 is 21.7 Å². The van der Waals surface area contributed by atoms with Crippen LogP contribution in [-0.2, 0) is 11.3 Å². The zero-order valence-corrected chi connectivity index (χ0v) is 21.3. The zero-order valence-electron chi connectivity index (χ0n) is 18.9. The normalized spacial score (nSPS) is 14.9. The van der Waals surface area contributed by atoms with E-state index in [2.05, 4.69) is 9.69 Å². The lowest BCUT2D eigenvalue weighted by Gasteiger charge is -2.33. The molecule has 3 aromatic rings. The highest BCUT2D eigenvalue weighted by atomic mass is 35.5. The lowest BCUT2D eigenvalue weighted by molar-refractivity contribution is -0.127. The first-order chi connectivity index (χ1) is 16.8. The summed E-state index contributed by atoms with van der Waals surface area (Å²) in [6.45, 7) is 0.172. The number of rotatable bonds is 8. The molecule has 11 heteroatoms. The maximum atomic E-state index is 13.9. The van der Waals surface area contributed by atoms with E-state index in [9.17, 15) is 14.4 Å². The molecule has 1 atom stereocenters. The Balaban J connectivity index is 1.75. The second kappa shape index (κ2) is 11.2. The summed E-state index contributed by atoms with van der Waals surface area (Å²) in [5, 5.41) is 5.59. The predicted molar refractivity (Wildman–Crippen MR) is 138 cm³/mol. The molecule has 3 amide bonds. The van der Waals surface area contributed by atoms with Crippen LogP contribution >= 0.6 is 34.5 Å². The summed E-state index contributed by atoms with van der Waals surface area (Å²) >= 11 is 8.39. The fourth-order valence-electron chi connectivity index (χ4n) is 4.26. The highest BCUT2D eigenvalue weighted by Gasteiger charge is 2.36. The number of carbonyl (C=O) groups is 3. The molecule has 8 nitrogen and oxygen atoms in total. The van der Waals surface area contributed by atoms with Crippen LogP contribution < -0.4 is 16.8 Å². The molecular formula is C24H26ClN5O3S2. The summed E-state index contributed by atoms with van der Waals surface area (Å²) in [6, 6.07) is 9.76. The van der Waals surface area contributed by atoms with Crippen LogP contribution in [0.1, 0.15) is 68.7 Å². The van der Waals surface area contributed by atoms with Gasteiger partial charge in [-0.15, -0.1) is 11.3 Å². The van der Waals surface area contributed by atoms with Crippen molar-refractivity contribution in [1.82, 2.24) is 14.6 Å². The number of halogens is 1. The number of hydrogen-bond donors (Lipinski definition) is 3. The minimum absolute atomic E-state index is 0.0553. The summed E-state index contributed by atoms with van der Waals surface area (Å²) in [5.41, 5.74) is 11.8. The molecule has 1 fully saturated rings. The van der Waals surface area contributed by atoms with E-state index in [1.807, 2.05) is 17.5 Å². The molecule has 2 heterocycles. The molecule has 1 aliphatic carbocycles. The van der Waals surface area contributed by atoms with Gasteiger partial charge in [0.15, 0.2) is 5.69 Å². The molecule has 0 bridgehead atoms. The Morgan fingerprint density at radius 2 is 1.86 bits per heavy atom. The number of nitrogens with one attached hydrogen (secondary N) is 1. The number of amides is 3. The van der Waals surface area contributed by atoms with E-state index < -0.39 is 17.9 Å². The fraction of sp³-hybridized carbons (Fsp3) is 0.333. The molecular weight excluding hydrogens is 506 g/mol. The number of hydrogen-bond acceptors (Lipinski definition) is 7. The third kappa shape index (κ3) is 5.83. The van der Waals surface area contributed by atoms with Gasteiger partial charge in [0.2, 0.25) is 5.91 Å². The van der Waals surface area contributed by atoms with Gasteiger partial charge in [-0.2, -0.15) is 4.37 Å². The van der Waals surface area contributed by atoms with Crippen LogP contribution in [0, 0.1) is 0 Å². The number of benzene rings is 1. The molecule has 35 heavy (non-hydrogen) atoms. The number of thiophene rings is 1. The number of primary amides is 1. The molecule has 4 rings (SSSR count). The van der Waals surface area contributed by atoms with Crippen LogP contribution in [0.3, 0.4) is 0 Å².